The second-order valence-electron chi connectivity index (χ2n) is 7.27. The van der Waals surface area contributed by atoms with Gasteiger partial charge in [-0.3, -0.25) is 9.48 Å². The van der Waals surface area contributed by atoms with E-state index in [2.05, 4.69) is 24.3 Å². The smallest absolute Gasteiger partial charge is 0.244 e. The topological polar surface area (TPSA) is 81.1 Å². The lowest BCUT2D eigenvalue weighted by Crippen LogP contribution is -2.24. The summed E-state index contributed by atoms with van der Waals surface area (Å²) < 4.78 is 24.8. The third-order valence-corrected chi connectivity index (χ3v) is 5.74. The molecule has 1 amide bonds. The van der Waals surface area contributed by atoms with Gasteiger partial charge in [-0.25, -0.2) is 8.42 Å². The molecule has 2 rings (SSSR count). The van der Waals surface area contributed by atoms with Crippen LogP contribution in [0.2, 0.25) is 5.15 Å². The number of aryl methyl sites for hydroxylation is 1. The third kappa shape index (κ3) is 5.69. The van der Waals surface area contributed by atoms with Crippen LogP contribution in [-0.2, 0) is 21.2 Å². The second kappa shape index (κ2) is 8.92. The van der Waals surface area contributed by atoms with Crippen molar-refractivity contribution in [2.24, 2.45) is 5.92 Å². The zero-order chi connectivity index (χ0) is 21.1. The number of sulfone groups is 1. The number of nitrogens with zero attached hydrogens (tertiary/aromatic N) is 2. The molecule has 0 saturated carbocycles. The monoisotopic (exact) mass is 423 g/mol. The van der Waals surface area contributed by atoms with E-state index >= 15 is 0 Å². The molecule has 0 bridgehead atoms. The van der Waals surface area contributed by atoms with Gasteiger partial charge in [-0.1, -0.05) is 37.6 Å². The van der Waals surface area contributed by atoms with Crippen molar-refractivity contribution in [2.75, 3.05) is 6.26 Å². The molecule has 1 unspecified atom stereocenters. The van der Waals surface area contributed by atoms with E-state index in [-0.39, 0.29) is 16.8 Å². The summed E-state index contributed by atoms with van der Waals surface area (Å²) in [5, 5.41) is 7.79. The number of benzene rings is 1. The Labute approximate surface area is 171 Å². The minimum atomic E-state index is -3.24. The fourth-order valence-corrected chi connectivity index (χ4v) is 3.67. The van der Waals surface area contributed by atoms with Crippen LogP contribution < -0.4 is 5.32 Å². The summed E-state index contributed by atoms with van der Waals surface area (Å²) in [5.41, 5.74) is 2.30. The zero-order valence-electron chi connectivity index (χ0n) is 16.7. The minimum absolute atomic E-state index is 0.248. The predicted molar refractivity (Wildman–Crippen MR) is 112 cm³/mol. The summed E-state index contributed by atoms with van der Waals surface area (Å²) in [4.78, 5) is 12.5. The van der Waals surface area contributed by atoms with Crippen molar-refractivity contribution in [3.8, 4) is 0 Å². The number of amides is 1. The van der Waals surface area contributed by atoms with Crippen molar-refractivity contribution in [3.63, 3.8) is 0 Å². The third-order valence-electron chi connectivity index (χ3n) is 4.22. The molecular weight excluding hydrogens is 398 g/mol. The van der Waals surface area contributed by atoms with Crippen LogP contribution in [-0.4, -0.2) is 30.4 Å². The molecule has 1 heterocycles. The van der Waals surface area contributed by atoms with Crippen LogP contribution in [0, 0.1) is 12.8 Å². The molecule has 0 saturated heterocycles. The maximum absolute atomic E-state index is 12.3. The van der Waals surface area contributed by atoms with Crippen molar-refractivity contribution in [1.29, 1.82) is 0 Å². The molecule has 152 valence electrons. The molecule has 1 aromatic heterocycles. The highest BCUT2D eigenvalue weighted by Crippen LogP contribution is 2.22. The average molecular weight is 424 g/mol. The molecule has 28 heavy (non-hydrogen) atoms. The number of aromatic nitrogens is 2. The molecule has 2 aromatic rings. The largest absolute Gasteiger partial charge is 0.346 e. The molecule has 0 aliphatic carbocycles. The van der Waals surface area contributed by atoms with Crippen molar-refractivity contribution in [1.82, 2.24) is 15.1 Å². The van der Waals surface area contributed by atoms with E-state index in [0.717, 1.165) is 23.1 Å². The van der Waals surface area contributed by atoms with Crippen LogP contribution in [0.3, 0.4) is 0 Å². The zero-order valence-corrected chi connectivity index (χ0v) is 18.3. The molecule has 0 aliphatic heterocycles. The van der Waals surface area contributed by atoms with Gasteiger partial charge < -0.3 is 5.32 Å². The first-order valence-electron chi connectivity index (χ1n) is 9.00. The summed E-state index contributed by atoms with van der Waals surface area (Å²) in [7, 11) is -3.24. The Morgan fingerprint density at radius 3 is 2.39 bits per heavy atom. The fourth-order valence-electron chi connectivity index (χ4n) is 2.73. The Morgan fingerprint density at radius 1 is 1.25 bits per heavy atom. The van der Waals surface area contributed by atoms with E-state index in [1.807, 2.05) is 13.8 Å². The maximum atomic E-state index is 12.3. The molecule has 6 nitrogen and oxygen atoms in total. The number of nitrogens with one attached hydrogen (secondary N) is 1. The number of rotatable bonds is 7. The lowest BCUT2D eigenvalue weighted by atomic mass is 10.1. The Hall–Kier alpha value is -2.12. The van der Waals surface area contributed by atoms with Gasteiger partial charge in [0.05, 0.1) is 16.6 Å². The summed E-state index contributed by atoms with van der Waals surface area (Å²) in [6.45, 7) is 8.56. The molecule has 1 aromatic carbocycles. The summed E-state index contributed by atoms with van der Waals surface area (Å²) >= 11 is 6.38. The van der Waals surface area contributed by atoms with Gasteiger partial charge >= 0.3 is 0 Å². The van der Waals surface area contributed by atoms with E-state index in [1.165, 1.54) is 18.2 Å². The molecule has 1 atom stereocenters. The van der Waals surface area contributed by atoms with Crippen LogP contribution in [0.1, 0.15) is 43.6 Å². The summed E-state index contributed by atoms with van der Waals surface area (Å²) in [6.07, 6.45) is 4.25. The van der Waals surface area contributed by atoms with Gasteiger partial charge in [-0.15, -0.1) is 0 Å². The lowest BCUT2D eigenvalue weighted by molar-refractivity contribution is -0.117. The number of hydrogen-bond acceptors (Lipinski definition) is 4. The second-order valence-corrected chi connectivity index (χ2v) is 9.64. The molecule has 0 spiro atoms. The Balaban J connectivity index is 2.06. The minimum Gasteiger partial charge on any atom is -0.346 e. The molecule has 0 fully saturated rings. The number of carbonyl (C=O) groups is 1. The van der Waals surface area contributed by atoms with Crippen molar-refractivity contribution in [3.05, 3.63) is 52.3 Å². The average Bonchev–Trinajstić information content (AvgIpc) is 2.85. The van der Waals surface area contributed by atoms with Crippen LogP contribution >= 0.6 is 11.6 Å². The van der Waals surface area contributed by atoms with Crippen molar-refractivity contribution in [2.45, 2.75) is 45.2 Å². The SMILES string of the molecule is Cc1nn(CC(C)C)c(Cl)c1/C=C/C(=O)NC(C)c1ccc(S(C)(=O)=O)cc1. The predicted octanol–water partition coefficient (Wildman–Crippen LogP) is 3.80. The molecule has 1 N–H and O–H groups in total. The van der Waals surface area contributed by atoms with Crippen molar-refractivity contribution < 1.29 is 13.2 Å². The van der Waals surface area contributed by atoms with Crippen molar-refractivity contribution >= 4 is 33.4 Å². The first-order chi connectivity index (χ1) is 13.0. The van der Waals surface area contributed by atoms with Gasteiger partial charge in [0.15, 0.2) is 9.84 Å². The summed E-state index contributed by atoms with van der Waals surface area (Å²) in [6, 6.07) is 6.19. The number of halogens is 1. The van der Waals surface area contributed by atoms with E-state index < -0.39 is 9.84 Å². The Morgan fingerprint density at radius 2 is 1.86 bits per heavy atom. The fraction of sp³-hybridized carbons (Fsp3) is 0.400. The quantitative estimate of drug-likeness (QED) is 0.687. The number of carbonyl (C=O) groups excluding carboxylic acids is 1. The highest BCUT2D eigenvalue weighted by molar-refractivity contribution is 7.90. The highest BCUT2D eigenvalue weighted by atomic mass is 35.5. The van der Waals surface area contributed by atoms with Crippen LogP contribution in [0.25, 0.3) is 6.08 Å². The van der Waals surface area contributed by atoms with Gasteiger partial charge in [-0.2, -0.15) is 5.10 Å². The lowest BCUT2D eigenvalue weighted by Gasteiger charge is -2.13. The van der Waals surface area contributed by atoms with Crippen LogP contribution in [0.5, 0.6) is 0 Å². The Kier molecular flexibility index (Phi) is 7.06. The normalized spacial score (nSPS) is 13.2. The molecule has 0 aliphatic rings. The van der Waals surface area contributed by atoms with E-state index in [0.29, 0.717) is 17.6 Å². The number of hydrogen-bond donors (Lipinski definition) is 1. The van der Waals surface area contributed by atoms with Gasteiger partial charge in [0.1, 0.15) is 5.15 Å². The molecule has 0 radical (unpaired) electrons. The summed E-state index contributed by atoms with van der Waals surface area (Å²) in [5.74, 6) is 0.138. The van der Waals surface area contributed by atoms with Gasteiger partial charge in [-0.05, 0) is 43.5 Å². The van der Waals surface area contributed by atoms with Crippen LogP contribution in [0.15, 0.2) is 35.2 Å². The van der Waals surface area contributed by atoms with E-state index in [4.69, 9.17) is 11.6 Å². The first-order valence-corrected chi connectivity index (χ1v) is 11.3. The highest BCUT2D eigenvalue weighted by Gasteiger charge is 2.14. The standard InChI is InChI=1S/C20H26ClN3O3S/c1-13(2)12-24-20(21)18(15(4)23-24)10-11-19(25)22-14(3)16-6-8-17(9-7-16)28(5,26)27/h6-11,13-14H,12H2,1-5H3,(H,22,25)/b11-10+. The molecular formula is C20H26ClN3O3S. The van der Waals surface area contributed by atoms with Gasteiger partial charge in [0.25, 0.3) is 0 Å². The van der Waals surface area contributed by atoms with Crippen LogP contribution in [0.4, 0.5) is 0 Å². The Bertz CT molecular complexity index is 977. The van der Waals surface area contributed by atoms with Gasteiger partial charge in [0.2, 0.25) is 5.91 Å². The first kappa shape index (κ1) is 22.2. The van der Waals surface area contributed by atoms with Gasteiger partial charge in [0, 0.05) is 24.4 Å². The maximum Gasteiger partial charge on any atom is 0.244 e. The van der Waals surface area contributed by atoms with E-state index in [9.17, 15) is 13.2 Å². The molecule has 8 heteroatoms. The van der Waals surface area contributed by atoms with E-state index in [1.54, 1.807) is 22.9 Å².